The quantitative estimate of drug-likeness (QED) is 0.742. The number of halogens is 1. The van der Waals surface area contributed by atoms with Crippen LogP contribution in [0.1, 0.15) is 15.9 Å². The topological polar surface area (TPSA) is 44.8 Å². The van der Waals surface area contributed by atoms with Gasteiger partial charge in [0.2, 0.25) is 0 Å². The predicted octanol–water partition coefficient (Wildman–Crippen LogP) is 3.86. The normalized spacial score (nSPS) is 10.0. The van der Waals surface area contributed by atoms with Gasteiger partial charge in [0.25, 0.3) is 0 Å². The van der Waals surface area contributed by atoms with Gasteiger partial charge >= 0.3 is 0 Å². The van der Waals surface area contributed by atoms with Crippen LogP contribution in [0.5, 0.6) is 17.2 Å². The van der Waals surface area contributed by atoms with Gasteiger partial charge < -0.3 is 14.2 Å². The number of rotatable bonds is 6. The first-order valence-corrected chi connectivity index (χ1v) is 7.05. The van der Waals surface area contributed by atoms with Crippen LogP contribution in [0.25, 0.3) is 0 Å². The number of ether oxygens (including phenoxy) is 3. The van der Waals surface area contributed by atoms with Crippen molar-refractivity contribution in [2.45, 2.75) is 6.61 Å². The summed E-state index contributed by atoms with van der Waals surface area (Å²) in [6, 6.07) is 11.0. The van der Waals surface area contributed by atoms with Gasteiger partial charge in [-0.2, -0.15) is 0 Å². The van der Waals surface area contributed by atoms with E-state index >= 15 is 0 Å². The minimum Gasteiger partial charge on any atom is -0.497 e. The predicted molar refractivity (Wildman–Crippen MR) is 83.4 cm³/mol. The van der Waals surface area contributed by atoms with Crippen molar-refractivity contribution in [2.24, 2.45) is 0 Å². The summed E-state index contributed by atoms with van der Waals surface area (Å²) in [6.07, 6.45) is 0.747. The molecule has 2 aromatic rings. The van der Waals surface area contributed by atoms with Gasteiger partial charge in [0.1, 0.15) is 12.4 Å². The third-order valence-electron chi connectivity index (χ3n) is 2.94. The number of carbonyl (C=O) groups excluding carboxylic acids is 1. The summed E-state index contributed by atoms with van der Waals surface area (Å²) < 4.78 is 16.9. The molecule has 0 fully saturated rings. The highest BCUT2D eigenvalue weighted by atomic mass is 79.9. The third kappa shape index (κ3) is 3.76. The molecule has 0 spiro atoms. The number of hydrogen-bond acceptors (Lipinski definition) is 4. The first-order valence-electron chi connectivity index (χ1n) is 6.26. The zero-order chi connectivity index (χ0) is 15.2. The van der Waals surface area contributed by atoms with Crippen LogP contribution in [0.3, 0.4) is 0 Å². The van der Waals surface area contributed by atoms with Crippen molar-refractivity contribution in [3.05, 3.63) is 52.0 Å². The SMILES string of the molecule is COc1ccc(COc2c(C=O)cc(Br)cc2OC)cc1. The number of benzene rings is 2. The van der Waals surface area contributed by atoms with Crippen molar-refractivity contribution in [3.8, 4) is 17.2 Å². The molecule has 0 heterocycles. The van der Waals surface area contributed by atoms with E-state index in [4.69, 9.17) is 14.2 Å². The summed E-state index contributed by atoms with van der Waals surface area (Å²) in [5, 5.41) is 0. The zero-order valence-electron chi connectivity index (χ0n) is 11.8. The molecule has 4 nitrogen and oxygen atoms in total. The van der Waals surface area contributed by atoms with Crippen LogP contribution in [0.4, 0.5) is 0 Å². The van der Waals surface area contributed by atoms with E-state index in [9.17, 15) is 4.79 Å². The average Bonchev–Trinajstić information content (AvgIpc) is 2.53. The molecule has 0 saturated heterocycles. The molecule has 0 bridgehead atoms. The molecule has 0 radical (unpaired) electrons. The zero-order valence-corrected chi connectivity index (χ0v) is 13.3. The highest BCUT2D eigenvalue weighted by molar-refractivity contribution is 9.10. The average molecular weight is 351 g/mol. The smallest absolute Gasteiger partial charge is 0.172 e. The largest absolute Gasteiger partial charge is 0.497 e. The lowest BCUT2D eigenvalue weighted by Gasteiger charge is -2.13. The fourth-order valence-corrected chi connectivity index (χ4v) is 2.31. The molecule has 0 aromatic heterocycles. The van der Waals surface area contributed by atoms with E-state index in [0.29, 0.717) is 23.7 Å². The molecule has 0 aliphatic heterocycles. The van der Waals surface area contributed by atoms with Gasteiger partial charge in [0.05, 0.1) is 19.8 Å². The standard InChI is InChI=1S/C16H15BrO4/c1-19-14-5-3-11(4-6-14)10-21-16-12(9-18)7-13(17)8-15(16)20-2/h3-9H,10H2,1-2H3. The molecule has 0 aliphatic carbocycles. The monoisotopic (exact) mass is 350 g/mol. The van der Waals surface area contributed by atoms with E-state index in [0.717, 1.165) is 22.1 Å². The van der Waals surface area contributed by atoms with Crippen molar-refractivity contribution < 1.29 is 19.0 Å². The Kier molecular flexibility index (Phi) is 5.22. The van der Waals surface area contributed by atoms with Crippen LogP contribution in [-0.2, 0) is 6.61 Å². The number of hydrogen-bond donors (Lipinski definition) is 0. The van der Waals surface area contributed by atoms with Crippen molar-refractivity contribution >= 4 is 22.2 Å². The summed E-state index contributed by atoms with van der Waals surface area (Å²) in [7, 11) is 3.16. The fourth-order valence-electron chi connectivity index (χ4n) is 1.86. The molecule has 110 valence electrons. The molecule has 0 saturated carbocycles. The Hall–Kier alpha value is -2.01. The Morgan fingerprint density at radius 3 is 2.38 bits per heavy atom. The maximum absolute atomic E-state index is 11.2. The third-order valence-corrected chi connectivity index (χ3v) is 3.40. The number of methoxy groups -OCH3 is 2. The number of carbonyl (C=O) groups is 1. The van der Waals surface area contributed by atoms with Crippen molar-refractivity contribution in [1.29, 1.82) is 0 Å². The van der Waals surface area contributed by atoms with Gasteiger partial charge in [-0.3, -0.25) is 4.79 Å². The molecule has 0 unspecified atom stereocenters. The first kappa shape index (κ1) is 15.4. The number of aldehydes is 1. The second kappa shape index (κ2) is 7.13. The fraction of sp³-hybridized carbons (Fsp3) is 0.188. The molecule has 2 rings (SSSR count). The maximum Gasteiger partial charge on any atom is 0.172 e. The highest BCUT2D eigenvalue weighted by Gasteiger charge is 2.12. The Bertz CT molecular complexity index is 623. The van der Waals surface area contributed by atoms with Gasteiger partial charge in [-0.1, -0.05) is 28.1 Å². The Morgan fingerprint density at radius 2 is 1.81 bits per heavy atom. The van der Waals surface area contributed by atoms with E-state index in [1.807, 2.05) is 24.3 Å². The molecule has 2 aromatic carbocycles. The maximum atomic E-state index is 11.2. The van der Waals surface area contributed by atoms with Crippen LogP contribution in [0.15, 0.2) is 40.9 Å². The second-order valence-corrected chi connectivity index (χ2v) is 5.20. The van der Waals surface area contributed by atoms with Gasteiger partial charge in [-0.25, -0.2) is 0 Å². The van der Waals surface area contributed by atoms with Crippen LogP contribution >= 0.6 is 15.9 Å². The lowest BCUT2D eigenvalue weighted by molar-refractivity contribution is 0.111. The molecule has 0 aliphatic rings. The molecule has 0 amide bonds. The molecule has 5 heteroatoms. The van der Waals surface area contributed by atoms with Crippen molar-refractivity contribution in [3.63, 3.8) is 0 Å². The Balaban J connectivity index is 2.20. The summed E-state index contributed by atoms with van der Waals surface area (Å²) >= 11 is 3.33. The second-order valence-electron chi connectivity index (χ2n) is 4.28. The van der Waals surface area contributed by atoms with Gasteiger partial charge in [-0.05, 0) is 29.8 Å². The molecule has 0 atom stereocenters. The molecule has 0 N–H and O–H groups in total. The summed E-state index contributed by atoms with van der Waals surface area (Å²) in [5.41, 5.74) is 1.41. The first-order chi connectivity index (χ1) is 10.2. The van der Waals surface area contributed by atoms with Crippen LogP contribution < -0.4 is 14.2 Å². The minimum atomic E-state index is 0.336. The lowest BCUT2D eigenvalue weighted by Crippen LogP contribution is -2.01. The highest BCUT2D eigenvalue weighted by Crippen LogP contribution is 2.34. The Labute approximate surface area is 131 Å². The molecule has 21 heavy (non-hydrogen) atoms. The van der Waals surface area contributed by atoms with E-state index in [2.05, 4.69) is 15.9 Å². The van der Waals surface area contributed by atoms with Crippen molar-refractivity contribution in [2.75, 3.05) is 14.2 Å². The van der Waals surface area contributed by atoms with E-state index in [1.54, 1.807) is 19.2 Å². The van der Waals surface area contributed by atoms with Crippen LogP contribution in [0, 0.1) is 0 Å². The van der Waals surface area contributed by atoms with Gasteiger partial charge in [0, 0.05) is 4.47 Å². The molecular formula is C16H15BrO4. The van der Waals surface area contributed by atoms with E-state index in [1.165, 1.54) is 7.11 Å². The minimum absolute atomic E-state index is 0.336. The lowest BCUT2D eigenvalue weighted by atomic mass is 10.2. The van der Waals surface area contributed by atoms with Crippen LogP contribution in [0.2, 0.25) is 0 Å². The van der Waals surface area contributed by atoms with Crippen molar-refractivity contribution in [1.82, 2.24) is 0 Å². The van der Waals surface area contributed by atoms with E-state index in [-0.39, 0.29) is 0 Å². The van der Waals surface area contributed by atoms with Crippen LogP contribution in [-0.4, -0.2) is 20.5 Å². The summed E-state index contributed by atoms with van der Waals surface area (Å²) in [6.45, 7) is 0.336. The Morgan fingerprint density at radius 1 is 1.10 bits per heavy atom. The van der Waals surface area contributed by atoms with Gasteiger partial charge in [0.15, 0.2) is 17.8 Å². The summed E-state index contributed by atoms with van der Waals surface area (Å²) in [4.78, 5) is 11.2. The summed E-state index contributed by atoms with van der Waals surface area (Å²) in [5.74, 6) is 1.74. The van der Waals surface area contributed by atoms with E-state index < -0.39 is 0 Å². The molecular weight excluding hydrogens is 336 g/mol. The van der Waals surface area contributed by atoms with Gasteiger partial charge in [-0.15, -0.1) is 0 Å².